The molecule has 0 radical (unpaired) electrons. The van der Waals surface area contributed by atoms with E-state index < -0.39 is 0 Å². The van der Waals surface area contributed by atoms with Crippen LogP contribution in [0.3, 0.4) is 0 Å². The molecule has 0 amide bonds. The molecule has 1 aromatic carbocycles. The number of thioether (sulfide) groups is 1. The fourth-order valence-corrected chi connectivity index (χ4v) is 3.24. The van der Waals surface area contributed by atoms with Gasteiger partial charge in [0.05, 0.1) is 5.60 Å². The topological polar surface area (TPSA) is 9.23 Å². The molecule has 1 unspecified atom stereocenters. The molecule has 0 aliphatic carbocycles. The first kappa shape index (κ1) is 11.0. The molecule has 0 saturated carbocycles. The second-order valence-electron chi connectivity index (χ2n) is 4.53. The van der Waals surface area contributed by atoms with E-state index in [-0.39, 0.29) is 5.60 Å². The molecule has 1 heterocycles. The third kappa shape index (κ3) is 2.76. The van der Waals surface area contributed by atoms with Gasteiger partial charge in [-0.25, -0.2) is 0 Å². The lowest BCUT2D eigenvalue weighted by molar-refractivity contribution is 0.0394. The van der Waals surface area contributed by atoms with Gasteiger partial charge in [0.15, 0.2) is 0 Å². The van der Waals surface area contributed by atoms with Gasteiger partial charge in [-0.05, 0) is 25.8 Å². The number of ether oxygens (including phenoxy) is 1. The first-order valence-corrected chi connectivity index (χ1v) is 6.53. The minimum atomic E-state index is 0.0550. The average molecular weight is 222 g/mol. The molecule has 1 aliphatic rings. The molecule has 1 aliphatic heterocycles. The smallest absolute Gasteiger partial charge is 0.0745 e. The van der Waals surface area contributed by atoms with E-state index in [0.717, 1.165) is 12.4 Å². The lowest BCUT2D eigenvalue weighted by atomic mass is 10.1. The Morgan fingerprint density at radius 2 is 2.07 bits per heavy atom. The van der Waals surface area contributed by atoms with E-state index in [4.69, 9.17) is 4.74 Å². The lowest BCUT2D eigenvalue weighted by Crippen LogP contribution is -2.29. The van der Waals surface area contributed by atoms with Gasteiger partial charge in [0, 0.05) is 17.6 Å². The van der Waals surface area contributed by atoms with Crippen molar-refractivity contribution in [1.82, 2.24) is 0 Å². The Hall–Kier alpha value is -0.470. The molecule has 2 rings (SSSR count). The first-order chi connectivity index (χ1) is 7.18. The molecule has 1 nitrogen and oxygen atoms in total. The summed E-state index contributed by atoms with van der Waals surface area (Å²) < 4.78 is 5.72. The maximum absolute atomic E-state index is 5.72. The highest BCUT2D eigenvalue weighted by atomic mass is 32.2. The third-order valence-electron chi connectivity index (χ3n) is 2.92. The van der Waals surface area contributed by atoms with Gasteiger partial charge in [-0.1, -0.05) is 30.3 Å². The maximum atomic E-state index is 5.72. The number of benzene rings is 1. The summed E-state index contributed by atoms with van der Waals surface area (Å²) in [4.78, 5) is 0. The molecule has 1 fully saturated rings. The Kier molecular flexibility index (Phi) is 3.37. The third-order valence-corrected chi connectivity index (χ3v) is 4.63. The van der Waals surface area contributed by atoms with E-state index in [2.05, 4.69) is 44.2 Å². The van der Waals surface area contributed by atoms with Crippen LogP contribution in [0.2, 0.25) is 0 Å². The molecular weight excluding hydrogens is 204 g/mol. The molecular formula is C13H18OS. The van der Waals surface area contributed by atoms with E-state index in [9.17, 15) is 0 Å². The van der Waals surface area contributed by atoms with Crippen LogP contribution in [0.25, 0.3) is 0 Å². The molecule has 1 saturated heterocycles. The van der Waals surface area contributed by atoms with Gasteiger partial charge < -0.3 is 4.74 Å². The number of rotatable bonds is 3. The molecule has 1 atom stereocenters. The van der Waals surface area contributed by atoms with E-state index >= 15 is 0 Å². The first-order valence-electron chi connectivity index (χ1n) is 5.48. The van der Waals surface area contributed by atoms with Gasteiger partial charge in [0.25, 0.3) is 0 Å². The second kappa shape index (κ2) is 4.58. The van der Waals surface area contributed by atoms with Crippen molar-refractivity contribution in [3.05, 3.63) is 35.9 Å². The van der Waals surface area contributed by atoms with Crippen LogP contribution < -0.4 is 0 Å². The van der Waals surface area contributed by atoms with Crippen molar-refractivity contribution in [1.29, 1.82) is 0 Å². The van der Waals surface area contributed by atoms with E-state index in [1.807, 2.05) is 11.8 Å². The molecule has 2 heteroatoms. The monoisotopic (exact) mass is 222 g/mol. The van der Waals surface area contributed by atoms with Crippen LogP contribution in [0.15, 0.2) is 30.3 Å². The van der Waals surface area contributed by atoms with Crippen molar-refractivity contribution >= 4 is 11.8 Å². The van der Waals surface area contributed by atoms with Gasteiger partial charge in [-0.2, -0.15) is 11.8 Å². The van der Waals surface area contributed by atoms with Crippen molar-refractivity contribution in [3.63, 3.8) is 0 Å². The fraction of sp³-hybridized carbons (Fsp3) is 0.538. The van der Waals surface area contributed by atoms with Crippen LogP contribution in [0, 0.1) is 0 Å². The Morgan fingerprint density at radius 1 is 1.33 bits per heavy atom. The highest BCUT2D eigenvalue weighted by Gasteiger charge is 2.35. The van der Waals surface area contributed by atoms with Gasteiger partial charge in [-0.3, -0.25) is 0 Å². The SMILES string of the molecule is CC1(C)OCCC1SCc1ccccc1. The molecule has 0 bridgehead atoms. The largest absolute Gasteiger partial charge is 0.374 e. The zero-order valence-electron chi connectivity index (χ0n) is 9.40. The summed E-state index contributed by atoms with van der Waals surface area (Å²) in [6, 6.07) is 10.7. The van der Waals surface area contributed by atoms with Crippen LogP contribution in [0.4, 0.5) is 0 Å². The fourth-order valence-electron chi connectivity index (χ4n) is 1.92. The number of hydrogen-bond donors (Lipinski definition) is 0. The van der Waals surface area contributed by atoms with Gasteiger partial charge >= 0.3 is 0 Å². The van der Waals surface area contributed by atoms with Gasteiger partial charge in [0.1, 0.15) is 0 Å². The Morgan fingerprint density at radius 3 is 2.67 bits per heavy atom. The molecule has 0 N–H and O–H groups in total. The summed E-state index contributed by atoms with van der Waals surface area (Å²) in [7, 11) is 0. The summed E-state index contributed by atoms with van der Waals surface area (Å²) in [6.07, 6.45) is 1.19. The standard InChI is InChI=1S/C13H18OS/c1-13(2)12(8-9-14-13)15-10-11-6-4-3-5-7-11/h3-7,12H,8-10H2,1-2H3. The van der Waals surface area contributed by atoms with Crippen LogP contribution >= 0.6 is 11.8 Å². The van der Waals surface area contributed by atoms with Crippen molar-refractivity contribution in [2.24, 2.45) is 0 Å². The molecule has 0 aromatic heterocycles. The highest BCUT2D eigenvalue weighted by Crippen LogP contribution is 2.36. The Bertz CT molecular complexity index is 308. The Balaban J connectivity index is 1.89. The summed E-state index contributed by atoms with van der Waals surface area (Å²) >= 11 is 2.02. The highest BCUT2D eigenvalue weighted by molar-refractivity contribution is 7.99. The zero-order valence-corrected chi connectivity index (χ0v) is 10.2. The van der Waals surface area contributed by atoms with Crippen molar-refractivity contribution in [2.75, 3.05) is 6.61 Å². The average Bonchev–Trinajstić information content (AvgIpc) is 2.56. The summed E-state index contributed by atoms with van der Waals surface area (Å²) in [5.74, 6) is 1.10. The van der Waals surface area contributed by atoms with Crippen LogP contribution in [0.5, 0.6) is 0 Å². The second-order valence-corrected chi connectivity index (χ2v) is 5.72. The number of hydrogen-bond acceptors (Lipinski definition) is 2. The Labute approximate surface area is 96.2 Å². The van der Waals surface area contributed by atoms with Crippen LogP contribution in [-0.4, -0.2) is 17.5 Å². The predicted molar refractivity (Wildman–Crippen MR) is 66.2 cm³/mol. The minimum Gasteiger partial charge on any atom is -0.374 e. The maximum Gasteiger partial charge on any atom is 0.0745 e. The summed E-state index contributed by atoms with van der Waals surface area (Å²) in [5, 5.41) is 0.637. The summed E-state index contributed by atoms with van der Waals surface area (Å²) in [6.45, 7) is 5.31. The quantitative estimate of drug-likeness (QED) is 0.774. The van der Waals surface area contributed by atoms with E-state index in [0.29, 0.717) is 5.25 Å². The normalized spacial score (nSPS) is 24.3. The zero-order chi connectivity index (χ0) is 10.7. The van der Waals surface area contributed by atoms with Crippen LogP contribution in [-0.2, 0) is 10.5 Å². The van der Waals surface area contributed by atoms with Crippen molar-refractivity contribution < 1.29 is 4.74 Å². The van der Waals surface area contributed by atoms with Gasteiger partial charge in [-0.15, -0.1) is 0 Å². The molecule has 1 aromatic rings. The van der Waals surface area contributed by atoms with Crippen molar-refractivity contribution in [2.45, 2.75) is 36.9 Å². The van der Waals surface area contributed by atoms with E-state index in [1.165, 1.54) is 12.0 Å². The summed E-state index contributed by atoms with van der Waals surface area (Å²) in [5.41, 5.74) is 1.46. The molecule has 15 heavy (non-hydrogen) atoms. The predicted octanol–water partition coefficient (Wildman–Crippen LogP) is 3.49. The van der Waals surface area contributed by atoms with Gasteiger partial charge in [0.2, 0.25) is 0 Å². The lowest BCUT2D eigenvalue weighted by Gasteiger charge is -2.25. The minimum absolute atomic E-state index is 0.0550. The van der Waals surface area contributed by atoms with Crippen molar-refractivity contribution in [3.8, 4) is 0 Å². The molecule has 82 valence electrons. The molecule has 0 spiro atoms. The van der Waals surface area contributed by atoms with Crippen LogP contribution in [0.1, 0.15) is 25.8 Å². The van der Waals surface area contributed by atoms with E-state index in [1.54, 1.807) is 0 Å².